The van der Waals surface area contributed by atoms with Crippen molar-refractivity contribution in [2.24, 2.45) is 0 Å². The highest BCUT2D eigenvalue weighted by molar-refractivity contribution is 7.86. The maximum Gasteiger partial charge on any atom is 0.297 e. The average Bonchev–Trinajstić information content (AvgIpc) is 2.39. The van der Waals surface area contributed by atoms with E-state index in [-0.39, 0.29) is 11.5 Å². The lowest BCUT2D eigenvalue weighted by Crippen LogP contribution is -2.06. The van der Waals surface area contributed by atoms with Gasteiger partial charge in [-0.3, -0.25) is 4.18 Å². The summed E-state index contributed by atoms with van der Waals surface area (Å²) < 4.78 is 28.8. The summed E-state index contributed by atoms with van der Waals surface area (Å²) in [6, 6.07) is 12.6. The van der Waals surface area contributed by atoms with Gasteiger partial charge in [0.05, 0.1) is 11.5 Å². The van der Waals surface area contributed by atoms with E-state index in [9.17, 15) is 8.42 Å². The molecule has 0 bridgehead atoms. The van der Waals surface area contributed by atoms with E-state index in [0.717, 1.165) is 5.56 Å². The standard InChI is InChI=1S/C13H10Cl2O3S/c14-11-3-1-10(2-4-11)9-18-19(16,17)13-7-5-12(15)6-8-13/h1-8H,9H2. The van der Waals surface area contributed by atoms with Crippen LogP contribution in [0.4, 0.5) is 0 Å². The van der Waals surface area contributed by atoms with E-state index in [1.807, 2.05) is 0 Å². The summed E-state index contributed by atoms with van der Waals surface area (Å²) in [6.07, 6.45) is 0. The summed E-state index contributed by atoms with van der Waals surface area (Å²) in [5.41, 5.74) is 0.724. The minimum atomic E-state index is -3.78. The normalized spacial score (nSPS) is 11.5. The van der Waals surface area contributed by atoms with Crippen LogP contribution < -0.4 is 0 Å². The van der Waals surface area contributed by atoms with Crippen LogP contribution in [0.25, 0.3) is 0 Å². The molecule has 0 amide bonds. The molecule has 0 aliphatic rings. The van der Waals surface area contributed by atoms with E-state index >= 15 is 0 Å². The molecule has 2 rings (SSSR count). The van der Waals surface area contributed by atoms with Crippen molar-refractivity contribution in [1.29, 1.82) is 0 Å². The Balaban J connectivity index is 2.09. The molecule has 0 saturated carbocycles. The van der Waals surface area contributed by atoms with Gasteiger partial charge in [-0.2, -0.15) is 8.42 Å². The molecular weight excluding hydrogens is 307 g/mol. The first-order valence-electron chi connectivity index (χ1n) is 5.37. The molecule has 0 N–H and O–H groups in total. The minimum absolute atomic E-state index is 0.0396. The molecule has 100 valence electrons. The third kappa shape index (κ3) is 3.94. The molecule has 0 aliphatic heterocycles. The monoisotopic (exact) mass is 316 g/mol. The van der Waals surface area contributed by atoms with Gasteiger partial charge < -0.3 is 0 Å². The topological polar surface area (TPSA) is 43.4 Å². The highest BCUT2D eigenvalue weighted by Crippen LogP contribution is 2.18. The summed E-state index contributed by atoms with van der Waals surface area (Å²) in [7, 11) is -3.78. The van der Waals surface area contributed by atoms with Crippen LogP contribution in [0.3, 0.4) is 0 Å². The summed E-state index contributed by atoms with van der Waals surface area (Å²) in [5, 5.41) is 1.06. The molecule has 0 spiro atoms. The van der Waals surface area contributed by atoms with Crippen molar-refractivity contribution in [3.05, 3.63) is 64.1 Å². The summed E-state index contributed by atoms with van der Waals surface area (Å²) >= 11 is 11.4. The third-order valence-corrected chi connectivity index (χ3v) is 4.18. The number of hydrogen-bond acceptors (Lipinski definition) is 3. The number of rotatable bonds is 4. The number of halogens is 2. The van der Waals surface area contributed by atoms with Crippen LogP contribution in [0, 0.1) is 0 Å². The lowest BCUT2D eigenvalue weighted by Gasteiger charge is -2.06. The van der Waals surface area contributed by atoms with Crippen LogP contribution in [-0.2, 0) is 20.9 Å². The quantitative estimate of drug-likeness (QED) is 0.803. The molecule has 0 heterocycles. The SMILES string of the molecule is O=S(=O)(OCc1ccc(Cl)cc1)c1ccc(Cl)cc1. The summed E-state index contributed by atoms with van der Waals surface area (Å²) in [4.78, 5) is 0.0749. The van der Waals surface area contributed by atoms with Crippen LogP contribution in [0.2, 0.25) is 10.0 Å². The van der Waals surface area contributed by atoms with Crippen molar-refractivity contribution in [3.8, 4) is 0 Å². The first kappa shape index (κ1) is 14.3. The Kier molecular flexibility index (Phi) is 4.47. The maximum atomic E-state index is 11.9. The first-order valence-corrected chi connectivity index (χ1v) is 7.53. The molecule has 6 heteroatoms. The Morgan fingerprint density at radius 2 is 1.32 bits per heavy atom. The molecule has 0 atom stereocenters. The Morgan fingerprint density at radius 1 is 0.842 bits per heavy atom. The van der Waals surface area contributed by atoms with Gasteiger partial charge in [0.25, 0.3) is 10.1 Å². The zero-order valence-corrected chi connectivity index (χ0v) is 12.0. The fourth-order valence-corrected chi connectivity index (χ4v) is 2.54. The van der Waals surface area contributed by atoms with Gasteiger partial charge in [0.15, 0.2) is 0 Å². The fourth-order valence-electron chi connectivity index (χ4n) is 1.40. The molecule has 2 aromatic carbocycles. The van der Waals surface area contributed by atoms with Crippen molar-refractivity contribution < 1.29 is 12.6 Å². The van der Waals surface area contributed by atoms with E-state index < -0.39 is 10.1 Å². The predicted molar refractivity (Wildman–Crippen MR) is 74.9 cm³/mol. The van der Waals surface area contributed by atoms with E-state index in [1.165, 1.54) is 24.3 Å². The molecule has 3 nitrogen and oxygen atoms in total. The average molecular weight is 317 g/mol. The van der Waals surface area contributed by atoms with Gasteiger partial charge in [-0.25, -0.2) is 0 Å². The first-order chi connectivity index (χ1) is 8.97. The molecule has 0 saturated heterocycles. The highest BCUT2D eigenvalue weighted by atomic mass is 35.5. The van der Waals surface area contributed by atoms with E-state index in [2.05, 4.69) is 0 Å². The zero-order valence-electron chi connectivity index (χ0n) is 9.71. The van der Waals surface area contributed by atoms with Crippen molar-refractivity contribution in [1.82, 2.24) is 0 Å². The van der Waals surface area contributed by atoms with Crippen LogP contribution in [0.1, 0.15) is 5.56 Å². The second-order valence-corrected chi connectivity index (χ2v) is 6.28. The lowest BCUT2D eigenvalue weighted by atomic mass is 10.2. The summed E-state index contributed by atoms with van der Waals surface area (Å²) in [5.74, 6) is 0. The minimum Gasteiger partial charge on any atom is -0.262 e. The molecule has 19 heavy (non-hydrogen) atoms. The highest BCUT2D eigenvalue weighted by Gasteiger charge is 2.14. The van der Waals surface area contributed by atoms with Crippen molar-refractivity contribution in [2.45, 2.75) is 11.5 Å². The van der Waals surface area contributed by atoms with E-state index in [1.54, 1.807) is 24.3 Å². The Hall–Kier alpha value is -1.07. The van der Waals surface area contributed by atoms with Gasteiger partial charge in [0, 0.05) is 10.0 Å². The van der Waals surface area contributed by atoms with Crippen LogP contribution in [-0.4, -0.2) is 8.42 Å². The van der Waals surface area contributed by atoms with Crippen LogP contribution in [0.5, 0.6) is 0 Å². The van der Waals surface area contributed by atoms with E-state index in [4.69, 9.17) is 27.4 Å². The predicted octanol–water partition coefficient (Wildman–Crippen LogP) is 3.90. The number of hydrogen-bond donors (Lipinski definition) is 0. The van der Waals surface area contributed by atoms with Crippen LogP contribution >= 0.6 is 23.2 Å². The van der Waals surface area contributed by atoms with Gasteiger partial charge in [-0.1, -0.05) is 35.3 Å². The maximum absolute atomic E-state index is 11.9. The molecule has 0 unspecified atom stereocenters. The van der Waals surface area contributed by atoms with Crippen molar-refractivity contribution >= 4 is 33.3 Å². The lowest BCUT2D eigenvalue weighted by molar-refractivity contribution is 0.308. The Bertz CT molecular complexity index is 649. The molecular formula is C13H10Cl2O3S. The molecule has 0 aromatic heterocycles. The smallest absolute Gasteiger partial charge is 0.262 e. The third-order valence-electron chi connectivity index (χ3n) is 2.40. The molecule has 0 fully saturated rings. The van der Waals surface area contributed by atoms with Gasteiger partial charge >= 0.3 is 0 Å². The van der Waals surface area contributed by atoms with Gasteiger partial charge in [-0.05, 0) is 42.0 Å². The van der Waals surface area contributed by atoms with Gasteiger partial charge in [0.1, 0.15) is 0 Å². The fraction of sp³-hybridized carbons (Fsp3) is 0.0769. The van der Waals surface area contributed by atoms with Crippen LogP contribution in [0.15, 0.2) is 53.4 Å². The number of benzene rings is 2. The zero-order chi connectivity index (χ0) is 13.9. The van der Waals surface area contributed by atoms with Crippen molar-refractivity contribution in [3.63, 3.8) is 0 Å². The van der Waals surface area contributed by atoms with Crippen molar-refractivity contribution in [2.75, 3.05) is 0 Å². The largest absolute Gasteiger partial charge is 0.297 e. The summed E-state index contributed by atoms with van der Waals surface area (Å²) in [6.45, 7) is -0.0396. The Labute approximate surface area is 121 Å². The van der Waals surface area contributed by atoms with E-state index in [0.29, 0.717) is 10.0 Å². The van der Waals surface area contributed by atoms with Gasteiger partial charge in [-0.15, -0.1) is 0 Å². The second kappa shape index (κ2) is 5.92. The molecule has 2 aromatic rings. The second-order valence-electron chi connectivity index (χ2n) is 3.80. The molecule has 0 radical (unpaired) electrons. The molecule has 0 aliphatic carbocycles. The Morgan fingerprint density at radius 3 is 1.84 bits per heavy atom. The van der Waals surface area contributed by atoms with Gasteiger partial charge in [0.2, 0.25) is 0 Å².